The second-order valence-corrected chi connectivity index (χ2v) is 8.78. The lowest BCUT2D eigenvalue weighted by atomic mass is 10.1. The zero-order valence-electron chi connectivity index (χ0n) is 15.2. The van der Waals surface area contributed by atoms with Crippen molar-refractivity contribution in [3.8, 4) is 22.4 Å². The van der Waals surface area contributed by atoms with Gasteiger partial charge in [-0.1, -0.05) is 11.8 Å². The maximum Gasteiger partial charge on any atom is 0.157 e. The zero-order chi connectivity index (χ0) is 18.1. The van der Waals surface area contributed by atoms with Crippen LogP contribution < -0.4 is 5.32 Å². The van der Waals surface area contributed by atoms with Gasteiger partial charge in [0.25, 0.3) is 0 Å². The molecule has 0 saturated carbocycles. The molecule has 4 aromatic rings. The van der Waals surface area contributed by atoms with Crippen LogP contribution in [0.4, 0.5) is 5.82 Å². The zero-order valence-corrected chi connectivity index (χ0v) is 17.6. The lowest BCUT2D eigenvalue weighted by Gasteiger charge is -2.22. The van der Waals surface area contributed by atoms with Crippen LogP contribution in [0.25, 0.3) is 16.2 Å². The van der Waals surface area contributed by atoms with Gasteiger partial charge in [0.15, 0.2) is 5.65 Å². The van der Waals surface area contributed by atoms with Gasteiger partial charge in [-0.3, -0.25) is 9.38 Å². The van der Waals surface area contributed by atoms with Gasteiger partial charge in [-0.05, 0) is 44.4 Å². The van der Waals surface area contributed by atoms with Crippen molar-refractivity contribution in [2.75, 3.05) is 5.32 Å². The van der Waals surface area contributed by atoms with Crippen molar-refractivity contribution < 1.29 is 0 Å². The fourth-order valence-corrected chi connectivity index (χ4v) is 3.99. The molecule has 0 aliphatic heterocycles. The minimum atomic E-state index is -0.0766. The molecule has 0 bridgehead atoms. The lowest BCUT2D eigenvalue weighted by molar-refractivity contribution is 0.629. The SMILES string of the molecule is CC(C)(C)Nc1c(-c2ccc(C#Cc3ccsc3)s2)nc2cnccn12.Cl. The third-order valence-corrected chi connectivity index (χ3v) is 5.30. The molecule has 4 heterocycles. The van der Waals surface area contributed by atoms with Gasteiger partial charge >= 0.3 is 0 Å². The van der Waals surface area contributed by atoms with Crippen LogP contribution in [0.2, 0.25) is 0 Å². The Hall–Kier alpha value is -2.33. The van der Waals surface area contributed by atoms with Crippen molar-refractivity contribution in [1.29, 1.82) is 0 Å². The quantitative estimate of drug-likeness (QED) is 0.437. The Balaban J connectivity index is 0.00000210. The number of nitrogens with zero attached hydrogens (tertiary/aromatic N) is 3. The summed E-state index contributed by atoms with van der Waals surface area (Å²) in [5.41, 5.74) is 2.74. The molecule has 0 spiro atoms. The summed E-state index contributed by atoms with van der Waals surface area (Å²) >= 11 is 3.32. The van der Waals surface area contributed by atoms with Gasteiger partial charge in [0.1, 0.15) is 11.5 Å². The van der Waals surface area contributed by atoms with Crippen molar-refractivity contribution >= 4 is 46.5 Å². The summed E-state index contributed by atoms with van der Waals surface area (Å²) in [4.78, 5) is 11.1. The molecule has 0 radical (unpaired) electrons. The number of thiophene rings is 2. The van der Waals surface area contributed by atoms with E-state index in [0.29, 0.717) is 0 Å². The highest BCUT2D eigenvalue weighted by Crippen LogP contribution is 2.34. The molecule has 0 saturated heterocycles. The molecule has 0 unspecified atom stereocenters. The molecule has 0 atom stereocenters. The number of rotatable bonds is 2. The monoisotopic (exact) mass is 414 g/mol. The summed E-state index contributed by atoms with van der Waals surface area (Å²) in [6.45, 7) is 6.43. The topological polar surface area (TPSA) is 42.2 Å². The van der Waals surface area contributed by atoms with Crippen LogP contribution in [0, 0.1) is 11.8 Å². The number of nitrogens with one attached hydrogen (secondary N) is 1. The number of fused-ring (bicyclic) bond motifs is 1. The Morgan fingerprint density at radius 3 is 2.74 bits per heavy atom. The third-order valence-electron chi connectivity index (χ3n) is 3.61. The minimum Gasteiger partial charge on any atom is -0.365 e. The van der Waals surface area contributed by atoms with Crippen molar-refractivity contribution in [2.45, 2.75) is 26.3 Å². The van der Waals surface area contributed by atoms with Gasteiger partial charge in [0, 0.05) is 28.9 Å². The molecule has 138 valence electrons. The number of hydrogen-bond donors (Lipinski definition) is 1. The van der Waals surface area contributed by atoms with E-state index >= 15 is 0 Å². The minimum absolute atomic E-state index is 0. The Labute approximate surface area is 172 Å². The van der Waals surface area contributed by atoms with Crippen molar-refractivity contribution in [3.63, 3.8) is 0 Å². The van der Waals surface area contributed by atoms with E-state index in [1.165, 1.54) is 0 Å². The van der Waals surface area contributed by atoms with Gasteiger partial charge in [0.05, 0.1) is 16.0 Å². The highest BCUT2D eigenvalue weighted by atomic mass is 35.5. The normalized spacial score (nSPS) is 10.9. The maximum atomic E-state index is 4.79. The van der Waals surface area contributed by atoms with E-state index in [1.807, 2.05) is 22.0 Å². The fraction of sp³-hybridized carbons (Fsp3) is 0.200. The highest BCUT2D eigenvalue weighted by Gasteiger charge is 2.20. The highest BCUT2D eigenvalue weighted by molar-refractivity contribution is 7.16. The van der Waals surface area contributed by atoms with Gasteiger partial charge in [-0.15, -0.1) is 23.7 Å². The largest absolute Gasteiger partial charge is 0.365 e. The van der Waals surface area contributed by atoms with Crippen LogP contribution in [0.3, 0.4) is 0 Å². The van der Waals surface area contributed by atoms with Crippen molar-refractivity contribution in [1.82, 2.24) is 14.4 Å². The Morgan fingerprint density at radius 2 is 2.00 bits per heavy atom. The predicted octanol–water partition coefficient (Wildman–Crippen LogP) is 5.55. The number of anilines is 1. The first kappa shape index (κ1) is 19.4. The summed E-state index contributed by atoms with van der Waals surface area (Å²) in [7, 11) is 0. The molecule has 4 aromatic heterocycles. The Bertz CT molecular complexity index is 1110. The van der Waals surface area contributed by atoms with Crippen molar-refractivity contribution in [3.05, 3.63) is 58.0 Å². The average Bonchev–Trinajstić information content (AvgIpc) is 3.32. The first-order valence-corrected chi connectivity index (χ1v) is 10.0. The second kappa shape index (κ2) is 7.73. The molecule has 1 N–H and O–H groups in total. The van der Waals surface area contributed by atoms with E-state index in [-0.39, 0.29) is 17.9 Å². The van der Waals surface area contributed by atoms with Crippen LogP contribution in [0.15, 0.2) is 47.5 Å². The molecule has 0 amide bonds. The van der Waals surface area contributed by atoms with E-state index < -0.39 is 0 Å². The summed E-state index contributed by atoms with van der Waals surface area (Å²) in [6, 6.07) is 6.18. The second-order valence-electron chi connectivity index (χ2n) is 6.91. The van der Waals surface area contributed by atoms with Gasteiger partial charge in [-0.25, -0.2) is 4.98 Å². The summed E-state index contributed by atoms with van der Waals surface area (Å²) in [5, 5.41) is 7.68. The third kappa shape index (κ3) is 4.33. The average molecular weight is 415 g/mol. The van der Waals surface area contributed by atoms with Crippen LogP contribution in [0.5, 0.6) is 0 Å². The molecule has 0 aliphatic rings. The van der Waals surface area contributed by atoms with E-state index in [2.05, 4.69) is 60.4 Å². The first-order valence-electron chi connectivity index (χ1n) is 8.24. The van der Waals surface area contributed by atoms with E-state index in [4.69, 9.17) is 4.98 Å². The Morgan fingerprint density at radius 1 is 1.15 bits per heavy atom. The molecular weight excluding hydrogens is 396 g/mol. The number of halogens is 1. The lowest BCUT2D eigenvalue weighted by Crippen LogP contribution is -2.27. The van der Waals surface area contributed by atoms with Crippen LogP contribution in [-0.4, -0.2) is 19.9 Å². The van der Waals surface area contributed by atoms with E-state index in [9.17, 15) is 0 Å². The molecule has 0 aromatic carbocycles. The maximum absolute atomic E-state index is 4.79. The molecule has 0 aliphatic carbocycles. The van der Waals surface area contributed by atoms with Crippen LogP contribution in [0.1, 0.15) is 31.2 Å². The van der Waals surface area contributed by atoms with Gasteiger partial charge in [-0.2, -0.15) is 11.3 Å². The van der Waals surface area contributed by atoms with Gasteiger partial charge < -0.3 is 5.32 Å². The van der Waals surface area contributed by atoms with E-state index in [1.54, 1.807) is 35.1 Å². The van der Waals surface area contributed by atoms with Crippen molar-refractivity contribution in [2.24, 2.45) is 0 Å². The molecule has 4 nitrogen and oxygen atoms in total. The summed E-state index contributed by atoms with van der Waals surface area (Å²) in [5.74, 6) is 7.43. The first-order chi connectivity index (χ1) is 12.5. The molecule has 7 heteroatoms. The smallest absolute Gasteiger partial charge is 0.157 e. The fourth-order valence-electron chi connectivity index (χ4n) is 2.55. The standard InChI is InChI=1S/C20H18N4S2.ClH/c1-20(2,3)23-19-18(22-17-12-21-9-10-24(17)19)16-7-6-15(26-16)5-4-14-8-11-25-13-14;/h6-13,23H,1-3H3;1H. The molecule has 0 fully saturated rings. The molecule has 4 rings (SSSR count). The van der Waals surface area contributed by atoms with Crippen LogP contribution >= 0.6 is 35.1 Å². The van der Waals surface area contributed by atoms with E-state index in [0.717, 1.165) is 32.5 Å². The van der Waals surface area contributed by atoms with Crippen LogP contribution in [-0.2, 0) is 0 Å². The predicted molar refractivity (Wildman–Crippen MR) is 117 cm³/mol. The Kier molecular flexibility index (Phi) is 5.56. The number of aromatic nitrogens is 3. The van der Waals surface area contributed by atoms with Gasteiger partial charge in [0.2, 0.25) is 0 Å². The summed E-state index contributed by atoms with van der Waals surface area (Å²) < 4.78 is 2.05. The number of hydrogen-bond acceptors (Lipinski definition) is 5. The molecular formula is C20H19ClN4S2. The molecule has 27 heavy (non-hydrogen) atoms. The summed E-state index contributed by atoms with van der Waals surface area (Å²) in [6.07, 6.45) is 5.49. The number of imidazole rings is 1.